The van der Waals surface area contributed by atoms with Crippen molar-refractivity contribution in [2.24, 2.45) is 18.1 Å². The maximum Gasteiger partial charge on any atom is 0.262 e. The fourth-order valence-corrected chi connectivity index (χ4v) is 3.89. The van der Waals surface area contributed by atoms with E-state index in [1.54, 1.807) is 18.5 Å². The number of hydrogen-bond acceptors (Lipinski definition) is 5. The molecule has 1 saturated heterocycles. The average Bonchev–Trinajstić information content (AvgIpc) is 2.78. The van der Waals surface area contributed by atoms with Crippen LogP contribution in [0.4, 0.5) is 0 Å². The molecule has 2 rings (SSSR count). The zero-order chi connectivity index (χ0) is 14.9. The van der Waals surface area contributed by atoms with E-state index in [0.29, 0.717) is 31.0 Å². The van der Waals surface area contributed by atoms with E-state index in [-0.39, 0.29) is 10.9 Å². The van der Waals surface area contributed by atoms with Gasteiger partial charge in [0.05, 0.1) is 5.71 Å². The molecule has 0 radical (unpaired) electrons. The Labute approximate surface area is 119 Å². The quantitative estimate of drug-likeness (QED) is 0.666. The first-order valence-corrected chi connectivity index (χ1v) is 8.05. The van der Waals surface area contributed by atoms with Crippen molar-refractivity contribution in [1.82, 2.24) is 13.9 Å². The van der Waals surface area contributed by atoms with E-state index >= 15 is 0 Å². The van der Waals surface area contributed by atoms with Crippen LogP contribution in [-0.2, 0) is 17.1 Å². The minimum atomic E-state index is -3.57. The first-order valence-electron chi connectivity index (χ1n) is 6.61. The van der Waals surface area contributed by atoms with E-state index in [2.05, 4.69) is 10.1 Å². The van der Waals surface area contributed by atoms with Gasteiger partial charge < -0.3 is 9.77 Å². The van der Waals surface area contributed by atoms with Gasteiger partial charge in [-0.3, -0.25) is 0 Å². The summed E-state index contributed by atoms with van der Waals surface area (Å²) >= 11 is 0. The molecule has 20 heavy (non-hydrogen) atoms. The van der Waals surface area contributed by atoms with Gasteiger partial charge in [-0.05, 0) is 13.3 Å². The first-order chi connectivity index (χ1) is 9.40. The predicted molar refractivity (Wildman–Crippen MR) is 74.3 cm³/mol. The topological polar surface area (TPSA) is 87.8 Å². The van der Waals surface area contributed by atoms with Crippen LogP contribution >= 0.6 is 0 Å². The van der Waals surface area contributed by atoms with Crippen molar-refractivity contribution < 1.29 is 13.6 Å². The molecule has 1 aliphatic heterocycles. The van der Waals surface area contributed by atoms with E-state index in [4.69, 9.17) is 5.21 Å². The molecule has 1 fully saturated rings. The number of imidazole rings is 1. The van der Waals surface area contributed by atoms with E-state index in [0.717, 1.165) is 6.42 Å². The molecule has 112 valence electrons. The molecule has 0 aromatic carbocycles. The van der Waals surface area contributed by atoms with Crippen LogP contribution < -0.4 is 0 Å². The molecule has 0 bridgehead atoms. The Hall–Kier alpha value is -1.41. The molecule has 8 heteroatoms. The Balaban J connectivity index is 2.27. The number of sulfonamides is 1. The van der Waals surface area contributed by atoms with Gasteiger partial charge in [0.25, 0.3) is 10.0 Å². The van der Waals surface area contributed by atoms with Gasteiger partial charge in [0, 0.05) is 38.7 Å². The number of oxime groups is 1. The lowest BCUT2D eigenvalue weighted by Crippen LogP contribution is -2.44. The molecule has 1 aromatic heterocycles. The summed E-state index contributed by atoms with van der Waals surface area (Å²) in [6.45, 7) is 4.39. The Morgan fingerprint density at radius 2 is 2.25 bits per heavy atom. The third-order valence-corrected chi connectivity index (χ3v) is 5.56. The molecule has 1 atom stereocenters. The third-order valence-electron chi connectivity index (χ3n) is 3.82. The van der Waals surface area contributed by atoms with Gasteiger partial charge in [-0.25, -0.2) is 13.4 Å². The molecule has 0 amide bonds. The normalized spacial score (nSPS) is 23.4. The molecular formula is C12H20N4O3S. The second-order valence-electron chi connectivity index (χ2n) is 5.05. The van der Waals surface area contributed by atoms with E-state index < -0.39 is 10.0 Å². The van der Waals surface area contributed by atoms with Crippen molar-refractivity contribution >= 4 is 15.7 Å². The average molecular weight is 300 g/mol. The third kappa shape index (κ3) is 2.57. The summed E-state index contributed by atoms with van der Waals surface area (Å²) in [6.07, 6.45) is 2.73. The van der Waals surface area contributed by atoms with Crippen molar-refractivity contribution in [2.45, 2.75) is 31.7 Å². The summed E-state index contributed by atoms with van der Waals surface area (Å²) in [4.78, 5) is 4.10. The molecule has 1 aromatic rings. The van der Waals surface area contributed by atoms with E-state index in [1.165, 1.54) is 10.5 Å². The van der Waals surface area contributed by atoms with Crippen LogP contribution in [0.3, 0.4) is 0 Å². The van der Waals surface area contributed by atoms with Crippen molar-refractivity contribution in [2.75, 3.05) is 13.1 Å². The van der Waals surface area contributed by atoms with Crippen molar-refractivity contribution in [3.63, 3.8) is 0 Å². The smallest absolute Gasteiger partial charge is 0.262 e. The number of rotatable bonds is 3. The standard InChI is InChI=1S/C12H20N4O3S/c1-4-10-7-16(6-5-11(10)14-17)20(18,19)12-8-15(3)9(2)13-12/h8,10,17H,4-7H2,1-3H3. The van der Waals surface area contributed by atoms with Gasteiger partial charge >= 0.3 is 0 Å². The summed E-state index contributed by atoms with van der Waals surface area (Å²) in [5, 5.41) is 12.3. The predicted octanol–water partition coefficient (Wildman–Crippen LogP) is 0.979. The Morgan fingerprint density at radius 3 is 2.75 bits per heavy atom. The van der Waals surface area contributed by atoms with Gasteiger partial charge in [-0.2, -0.15) is 4.31 Å². The second kappa shape index (κ2) is 5.53. The maximum absolute atomic E-state index is 12.6. The molecule has 7 nitrogen and oxygen atoms in total. The SMILES string of the molecule is CCC1CN(S(=O)(=O)c2cn(C)c(C)n2)CCC1=NO. The summed E-state index contributed by atoms with van der Waals surface area (Å²) in [6, 6.07) is 0. The molecule has 0 aliphatic carbocycles. The maximum atomic E-state index is 12.6. The number of piperidine rings is 1. The Kier molecular flexibility index (Phi) is 4.14. The summed E-state index contributed by atoms with van der Waals surface area (Å²) in [5.74, 6) is 0.624. The van der Waals surface area contributed by atoms with E-state index in [1.807, 2.05) is 6.92 Å². The van der Waals surface area contributed by atoms with Crippen LogP contribution in [0, 0.1) is 12.8 Å². The van der Waals surface area contributed by atoms with Crippen LogP contribution in [0.15, 0.2) is 16.4 Å². The molecule has 2 heterocycles. The van der Waals surface area contributed by atoms with Gasteiger partial charge in [-0.15, -0.1) is 0 Å². The monoisotopic (exact) mass is 300 g/mol. The highest BCUT2D eigenvalue weighted by atomic mass is 32.2. The zero-order valence-electron chi connectivity index (χ0n) is 11.9. The van der Waals surface area contributed by atoms with Crippen molar-refractivity contribution in [3.05, 3.63) is 12.0 Å². The summed E-state index contributed by atoms with van der Waals surface area (Å²) < 4.78 is 28.2. The number of hydrogen-bond donors (Lipinski definition) is 1. The molecule has 0 spiro atoms. The second-order valence-corrected chi connectivity index (χ2v) is 6.93. The Morgan fingerprint density at radius 1 is 1.55 bits per heavy atom. The van der Waals surface area contributed by atoms with Gasteiger partial charge in [0.15, 0.2) is 5.03 Å². The highest BCUT2D eigenvalue weighted by Crippen LogP contribution is 2.23. The minimum absolute atomic E-state index is 0.0339. The Bertz CT molecular complexity index is 601. The lowest BCUT2D eigenvalue weighted by molar-refractivity contribution is 0.295. The molecule has 0 saturated carbocycles. The number of aryl methyl sites for hydroxylation is 2. The molecular weight excluding hydrogens is 280 g/mol. The highest BCUT2D eigenvalue weighted by molar-refractivity contribution is 7.89. The van der Waals surface area contributed by atoms with Gasteiger partial charge in [0.2, 0.25) is 0 Å². The lowest BCUT2D eigenvalue weighted by Gasteiger charge is -2.31. The van der Waals surface area contributed by atoms with Crippen molar-refractivity contribution in [3.8, 4) is 0 Å². The lowest BCUT2D eigenvalue weighted by atomic mass is 9.95. The fourth-order valence-electron chi connectivity index (χ4n) is 2.38. The fraction of sp³-hybridized carbons (Fsp3) is 0.667. The highest BCUT2D eigenvalue weighted by Gasteiger charge is 2.34. The van der Waals surface area contributed by atoms with Crippen LogP contribution in [0.5, 0.6) is 0 Å². The first kappa shape index (κ1) is 15.0. The molecule has 1 unspecified atom stereocenters. The van der Waals surface area contributed by atoms with Crippen LogP contribution in [0.25, 0.3) is 0 Å². The summed E-state index contributed by atoms with van der Waals surface area (Å²) in [7, 11) is -1.81. The molecule has 1 N–H and O–H groups in total. The van der Waals surface area contributed by atoms with Crippen LogP contribution in [0.1, 0.15) is 25.6 Å². The number of aromatic nitrogens is 2. The van der Waals surface area contributed by atoms with Crippen LogP contribution in [0.2, 0.25) is 0 Å². The minimum Gasteiger partial charge on any atom is -0.411 e. The van der Waals surface area contributed by atoms with Gasteiger partial charge in [0.1, 0.15) is 5.82 Å². The van der Waals surface area contributed by atoms with Crippen LogP contribution in [-0.4, -0.2) is 46.3 Å². The number of nitrogens with zero attached hydrogens (tertiary/aromatic N) is 4. The van der Waals surface area contributed by atoms with Gasteiger partial charge in [-0.1, -0.05) is 12.1 Å². The van der Waals surface area contributed by atoms with Crippen molar-refractivity contribution in [1.29, 1.82) is 0 Å². The zero-order valence-corrected chi connectivity index (χ0v) is 12.8. The molecule has 1 aliphatic rings. The van der Waals surface area contributed by atoms with E-state index in [9.17, 15) is 8.42 Å². The largest absolute Gasteiger partial charge is 0.411 e. The summed E-state index contributed by atoms with van der Waals surface area (Å²) in [5.41, 5.74) is 0.677.